The lowest BCUT2D eigenvalue weighted by Gasteiger charge is -2.42. The van der Waals surface area contributed by atoms with Crippen molar-refractivity contribution in [1.82, 2.24) is 0 Å². The van der Waals surface area contributed by atoms with Gasteiger partial charge in [-0.2, -0.15) is 0 Å². The molecule has 0 amide bonds. The molecular weight excluding hydrogens is 482 g/mol. The van der Waals surface area contributed by atoms with Crippen LogP contribution in [0.2, 0.25) is 25.7 Å². The van der Waals surface area contributed by atoms with Crippen LogP contribution in [0.1, 0.15) is 20.7 Å². The van der Waals surface area contributed by atoms with Gasteiger partial charge in [0.05, 0.1) is 11.1 Å². The molecule has 0 bridgehead atoms. The second kappa shape index (κ2) is 12.7. The molecule has 0 spiro atoms. The maximum absolute atomic E-state index is 12.8. The molecule has 2 aromatic rings. The SMILES string of the molecule is C[Si](C)(C)CCO[C@@H]1O[C@H](COC(=O)c2ccccc2)[C@H](OC(=O)c2ccccc2)[C@H](O)[C@H]1N=[N+]=[N-]. The lowest BCUT2D eigenvalue weighted by molar-refractivity contribution is -0.263. The summed E-state index contributed by atoms with van der Waals surface area (Å²) in [6.07, 6.45) is -4.92. The molecule has 1 heterocycles. The number of aliphatic hydroxyl groups is 1. The second-order valence-corrected chi connectivity index (χ2v) is 15.2. The van der Waals surface area contributed by atoms with Gasteiger partial charge >= 0.3 is 11.9 Å². The topological polar surface area (TPSA) is 140 Å². The van der Waals surface area contributed by atoms with E-state index in [4.69, 9.17) is 24.5 Å². The lowest BCUT2D eigenvalue weighted by atomic mass is 9.97. The highest BCUT2D eigenvalue weighted by Gasteiger charge is 2.48. The molecule has 2 aromatic carbocycles. The molecule has 3 rings (SSSR count). The van der Waals surface area contributed by atoms with E-state index < -0.39 is 50.7 Å². The van der Waals surface area contributed by atoms with Crippen molar-refractivity contribution < 1.29 is 33.6 Å². The van der Waals surface area contributed by atoms with Crippen LogP contribution in [0.5, 0.6) is 0 Å². The molecule has 36 heavy (non-hydrogen) atoms. The summed E-state index contributed by atoms with van der Waals surface area (Å²) in [6.45, 7) is 6.55. The molecule has 1 aliphatic rings. The minimum Gasteiger partial charge on any atom is -0.459 e. The molecule has 0 unspecified atom stereocenters. The van der Waals surface area contributed by atoms with Crippen molar-refractivity contribution in [2.75, 3.05) is 13.2 Å². The van der Waals surface area contributed by atoms with Crippen molar-refractivity contribution >= 4 is 20.0 Å². The highest BCUT2D eigenvalue weighted by Crippen LogP contribution is 2.29. The highest BCUT2D eigenvalue weighted by atomic mass is 28.3. The van der Waals surface area contributed by atoms with E-state index in [0.29, 0.717) is 12.2 Å². The maximum atomic E-state index is 12.8. The largest absolute Gasteiger partial charge is 0.459 e. The zero-order valence-electron chi connectivity index (χ0n) is 20.5. The highest BCUT2D eigenvalue weighted by molar-refractivity contribution is 6.76. The first kappa shape index (κ1) is 27.4. The molecule has 1 fully saturated rings. The second-order valence-electron chi connectivity index (χ2n) is 9.61. The van der Waals surface area contributed by atoms with Gasteiger partial charge < -0.3 is 24.1 Å². The Morgan fingerprint density at radius 2 is 1.61 bits per heavy atom. The third-order valence-corrected chi connectivity index (χ3v) is 7.30. The van der Waals surface area contributed by atoms with E-state index >= 15 is 0 Å². The predicted molar refractivity (Wildman–Crippen MR) is 134 cm³/mol. The van der Waals surface area contributed by atoms with Crippen LogP contribution >= 0.6 is 0 Å². The zero-order chi connectivity index (χ0) is 26.1. The molecular formula is C25H31N3O7Si. The van der Waals surface area contributed by atoms with Crippen LogP contribution in [0.25, 0.3) is 10.4 Å². The van der Waals surface area contributed by atoms with Gasteiger partial charge in [-0.05, 0) is 35.8 Å². The molecule has 192 valence electrons. The molecule has 0 aliphatic carbocycles. The Balaban J connectivity index is 1.81. The molecule has 11 heteroatoms. The van der Waals surface area contributed by atoms with E-state index in [1.807, 2.05) is 0 Å². The normalized spacial score (nSPS) is 23.8. The van der Waals surface area contributed by atoms with Crippen molar-refractivity contribution in [1.29, 1.82) is 0 Å². The number of nitrogens with zero attached hydrogens (tertiary/aromatic N) is 3. The van der Waals surface area contributed by atoms with Gasteiger partial charge in [-0.25, -0.2) is 9.59 Å². The Hall–Kier alpha value is -3.21. The molecule has 1 aliphatic heterocycles. The Morgan fingerprint density at radius 1 is 1.03 bits per heavy atom. The molecule has 0 radical (unpaired) electrons. The number of carbonyl (C=O) groups is 2. The molecule has 0 saturated carbocycles. The molecule has 5 atom stereocenters. The number of hydrogen-bond acceptors (Lipinski definition) is 8. The number of aliphatic hydroxyl groups excluding tert-OH is 1. The number of benzene rings is 2. The number of carbonyl (C=O) groups excluding carboxylic acids is 2. The van der Waals surface area contributed by atoms with Crippen LogP contribution in [0, 0.1) is 0 Å². The first-order valence-corrected chi connectivity index (χ1v) is 15.4. The van der Waals surface area contributed by atoms with E-state index in [2.05, 4.69) is 29.7 Å². The molecule has 0 aromatic heterocycles. The van der Waals surface area contributed by atoms with Crippen molar-refractivity contribution in [2.45, 2.75) is 56.3 Å². The third-order valence-electron chi connectivity index (χ3n) is 5.60. The average Bonchev–Trinajstić information content (AvgIpc) is 2.86. The molecule has 10 nitrogen and oxygen atoms in total. The van der Waals surface area contributed by atoms with Crippen LogP contribution in [0.15, 0.2) is 65.8 Å². The lowest BCUT2D eigenvalue weighted by Crippen LogP contribution is -2.60. The summed E-state index contributed by atoms with van der Waals surface area (Å²) in [6, 6.07) is 16.3. The van der Waals surface area contributed by atoms with Crippen molar-refractivity contribution in [3.05, 3.63) is 82.2 Å². The summed E-state index contributed by atoms with van der Waals surface area (Å²) >= 11 is 0. The van der Waals surface area contributed by atoms with E-state index in [0.717, 1.165) is 6.04 Å². The minimum absolute atomic E-state index is 0.263. The quantitative estimate of drug-likeness (QED) is 0.165. The van der Waals surface area contributed by atoms with Gasteiger partial charge in [-0.3, -0.25) is 0 Å². The number of rotatable bonds is 10. The van der Waals surface area contributed by atoms with Gasteiger partial charge in [-0.15, -0.1) is 0 Å². The maximum Gasteiger partial charge on any atom is 0.338 e. The van der Waals surface area contributed by atoms with Gasteiger partial charge in [0.2, 0.25) is 0 Å². The summed E-state index contributed by atoms with van der Waals surface area (Å²) in [5.74, 6) is -1.31. The predicted octanol–water partition coefficient (Wildman–Crippen LogP) is 4.19. The number of esters is 2. The van der Waals surface area contributed by atoms with Gasteiger partial charge in [0.25, 0.3) is 0 Å². The Kier molecular flexibility index (Phi) is 9.63. The fourth-order valence-electron chi connectivity index (χ4n) is 3.57. The summed E-state index contributed by atoms with van der Waals surface area (Å²) in [7, 11) is -1.44. The fraction of sp³-hybridized carbons (Fsp3) is 0.440. The molecule has 1 N–H and O–H groups in total. The smallest absolute Gasteiger partial charge is 0.338 e. The monoisotopic (exact) mass is 513 g/mol. The summed E-state index contributed by atoms with van der Waals surface area (Å²) < 4.78 is 22.9. The number of ether oxygens (including phenoxy) is 4. The minimum atomic E-state index is -1.46. The van der Waals surface area contributed by atoms with Gasteiger partial charge in [0.1, 0.15) is 24.9 Å². The Morgan fingerprint density at radius 3 is 2.17 bits per heavy atom. The summed E-state index contributed by atoms with van der Waals surface area (Å²) in [5, 5.41) is 14.8. The van der Waals surface area contributed by atoms with Gasteiger partial charge in [0.15, 0.2) is 12.4 Å². The zero-order valence-corrected chi connectivity index (χ0v) is 21.5. The summed E-state index contributed by atoms with van der Waals surface area (Å²) in [5.41, 5.74) is 9.69. The van der Waals surface area contributed by atoms with E-state index in [-0.39, 0.29) is 12.2 Å². The van der Waals surface area contributed by atoms with Crippen LogP contribution in [0.4, 0.5) is 0 Å². The van der Waals surface area contributed by atoms with Crippen molar-refractivity contribution in [3.63, 3.8) is 0 Å². The van der Waals surface area contributed by atoms with Gasteiger partial charge in [-0.1, -0.05) is 61.2 Å². The van der Waals surface area contributed by atoms with Crippen LogP contribution in [-0.4, -0.2) is 69.0 Å². The van der Waals surface area contributed by atoms with E-state index in [1.54, 1.807) is 60.7 Å². The standard InChI is InChI=1S/C25H31N3O7Si/c1-36(2,3)15-14-32-25-20(27-28-26)21(29)22(35-24(31)18-12-8-5-9-13-18)19(34-25)16-33-23(30)17-10-6-4-7-11-17/h4-13,19-22,25,29H,14-16H2,1-3H3/t19-,20-,21-,22+,25-/m1/s1. The van der Waals surface area contributed by atoms with E-state index in [9.17, 15) is 14.7 Å². The summed E-state index contributed by atoms with van der Waals surface area (Å²) in [4.78, 5) is 28.1. The Bertz CT molecular complexity index is 1060. The van der Waals surface area contributed by atoms with Crippen LogP contribution in [-0.2, 0) is 18.9 Å². The van der Waals surface area contributed by atoms with Crippen LogP contribution in [0.3, 0.4) is 0 Å². The van der Waals surface area contributed by atoms with Gasteiger partial charge in [0, 0.05) is 19.6 Å². The third kappa shape index (κ3) is 7.64. The Labute approximate surface area is 210 Å². The van der Waals surface area contributed by atoms with Crippen LogP contribution < -0.4 is 0 Å². The molecule has 1 saturated heterocycles. The fourth-order valence-corrected chi connectivity index (χ4v) is 4.30. The first-order valence-electron chi connectivity index (χ1n) is 11.7. The van der Waals surface area contributed by atoms with Crippen molar-refractivity contribution in [2.24, 2.45) is 5.11 Å². The van der Waals surface area contributed by atoms with Crippen molar-refractivity contribution in [3.8, 4) is 0 Å². The van der Waals surface area contributed by atoms with E-state index in [1.165, 1.54) is 0 Å². The number of hydrogen-bond donors (Lipinski definition) is 1. The number of azide groups is 1. The first-order chi connectivity index (χ1) is 17.2. The average molecular weight is 514 g/mol.